The molecule has 0 bridgehead atoms. The molecule has 1 N–H and O–H groups in total. The summed E-state index contributed by atoms with van der Waals surface area (Å²) in [5.41, 5.74) is 0. The average Bonchev–Trinajstić information content (AvgIpc) is 1.58. The molecule has 0 aliphatic rings. The molecule has 0 aliphatic carbocycles. The Bertz CT molecular complexity index is 242. The fourth-order valence-corrected chi connectivity index (χ4v) is 0.439. The monoisotopic (exact) mass is 334 g/mol. The molecule has 0 radical (unpaired) electrons. The second-order valence-electron chi connectivity index (χ2n) is 1.49. The Morgan fingerprint density at radius 1 is 1.00 bits per heavy atom. The van der Waals surface area contributed by atoms with Crippen molar-refractivity contribution in [3.63, 3.8) is 0 Å². The Morgan fingerprint density at radius 3 is 1.25 bits per heavy atom. The third-order valence-corrected chi connectivity index (χ3v) is 1.53. The van der Waals surface area contributed by atoms with E-state index in [1.807, 2.05) is 0 Å². The van der Waals surface area contributed by atoms with Crippen molar-refractivity contribution in [2.45, 2.75) is 11.4 Å². The van der Waals surface area contributed by atoms with Crippen LogP contribution < -0.4 is 0 Å². The molecule has 0 aromatic carbocycles. The van der Waals surface area contributed by atoms with E-state index >= 15 is 0 Å². The van der Waals surface area contributed by atoms with Gasteiger partial charge in [-0.05, 0) is 0 Å². The van der Waals surface area contributed by atoms with Crippen molar-refractivity contribution in [2.24, 2.45) is 0 Å². The van der Waals surface area contributed by atoms with E-state index in [0.29, 0.717) is 0 Å². The van der Waals surface area contributed by atoms with Gasteiger partial charge in [0.1, 0.15) is 0 Å². The van der Waals surface area contributed by atoms with Crippen LogP contribution in [0.2, 0.25) is 0 Å². The predicted molar refractivity (Wildman–Crippen MR) is 29.7 cm³/mol. The Kier molecular flexibility index (Phi) is 5.92. The summed E-state index contributed by atoms with van der Waals surface area (Å²) in [5.74, 6) is 0. The van der Waals surface area contributed by atoms with Crippen LogP contribution in [0.1, 0.15) is 0 Å². The van der Waals surface area contributed by atoms with Gasteiger partial charge in [-0.2, -0.15) is 30.4 Å². The summed E-state index contributed by atoms with van der Waals surface area (Å²) in [5, 5.41) is -6.10. The van der Waals surface area contributed by atoms with E-state index in [1.54, 1.807) is 0 Å². The van der Waals surface area contributed by atoms with Crippen LogP contribution in [0.4, 0.5) is 22.0 Å². The summed E-state index contributed by atoms with van der Waals surface area (Å²) in [6.07, 6.45) is -6.29. The zero-order chi connectivity index (χ0) is 9.50. The van der Waals surface area contributed by atoms with Gasteiger partial charge in [-0.3, -0.25) is 4.55 Å². The Hall–Kier alpha value is 1.61. The molecule has 3 nitrogen and oxygen atoms in total. The molecule has 0 aromatic heterocycles. The van der Waals surface area contributed by atoms with E-state index in [9.17, 15) is 30.4 Å². The molecular weight excluding hydrogens is 332 g/mol. The van der Waals surface area contributed by atoms with Crippen molar-refractivity contribution in [3.8, 4) is 0 Å². The third-order valence-electron chi connectivity index (χ3n) is 0.654. The van der Waals surface area contributed by atoms with E-state index in [-0.39, 0.29) is 68.9 Å². The van der Waals surface area contributed by atoms with Gasteiger partial charge in [-0.1, -0.05) is 0 Å². The number of alkyl halides is 5. The van der Waals surface area contributed by atoms with Gasteiger partial charge in [0.05, 0.1) is 0 Å². The molecule has 0 unspecified atom stereocenters. The van der Waals surface area contributed by atoms with Crippen LogP contribution in [0.15, 0.2) is 0 Å². The molecule has 12 heavy (non-hydrogen) atoms. The molecule has 0 rings (SSSR count). The summed E-state index contributed by atoms with van der Waals surface area (Å²) in [6.45, 7) is 0. The fraction of sp³-hybridized carbons (Fsp3) is 1.00. The van der Waals surface area contributed by atoms with Crippen molar-refractivity contribution in [1.29, 1.82) is 0 Å². The average molecular weight is 334 g/mol. The summed E-state index contributed by atoms with van der Waals surface area (Å²) < 4.78 is 82.2. The molecule has 0 saturated heterocycles. The van der Waals surface area contributed by atoms with E-state index in [0.717, 1.165) is 0 Å². The zero-order valence-corrected chi connectivity index (χ0v) is 5.38. The summed E-state index contributed by atoms with van der Waals surface area (Å²) in [7, 11) is -6.42. The van der Waals surface area contributed by atoms with Crippen molar-refractivity contribution in [2.75, 3.05) is 0 Å². The van der Waals surface area contributed by atoms with E-state index in [2.05, 4.69) is 0 Å². The van der Waals surface area contributed by atoms with Gasteiger partial charge in [0.15, 0.2) is 0 Å². The molecule has 0 atom stereocenters. The third kappa shape index (κ3) is 3.40. The topological polar surface area (TPSA) is 54.4 Å². The van der Waals surface area contributed by atoms with Crippen LogP contribution >= 0.6 is 0 Å². The maximum atomic E-state index is 11.5. The Balaban J connectivity index is 0. The first kappa shape index (κ1) is 16.1. The zero-order valence-electron chi connectivity index (χ0n) is 4.56. The van der Waals surface area contributed by atoms with Crippen molar-refractivity contribution >= 4 is 79.0 Å². The van der Waals surface area contributed by atoms with Gasteiger partial charge in [-0.25, -0.2) is 0 Å². The fourth-order valence-electron chi connectivity index (χ4n) is 0.146. The van der Waals surface area contributed by atoms with Gasteiger partial charge < -0.3 is 0 Å². The van der Waals surface area contributed by atoms with Gasteiger partial charge >= 0.3 is 90.4 Å². The molecule has 0 aliphatic heterocycles. The van der Waals surface area contributed by atoms with E-state index < -0.39 is 21.5 Å². The standard InChI is InChI=1S/C2HF5O3S.Cs.H/c3-1(4,5)2(6,7)11(8,9)10;;/h(H,8,9,10);;. The second-order valence-corrected chi connectivity index (χ2v) is 2.95. The molecular formula is C2H2CsF5O3S. The Labute approximate surface area is 123 Å². The Morgan fingerprint density at radius 2 is 1.25 bits per heavy atom. The maximum absolute atomic E-state index is 11.5. The number of halogens is 5. The molecule has 0 fully saturated rings. The van der Waals surface area contributed by atoms with Crippen molar-refractivity contribution in [1.82, 2.24) is 0 Å². The van der Waals surface area contributed by atoms with Crippen LogP contribution in [0, 0.1) is 0 Å². The summed E-state index contributed by atoms with van der Waals surface area (Å²) in [6, 6.07) is 0. The van der Waals surface area contributed by atoms with E-state index in [4.69, 9.17) is 4.55 Å². The van der Waals surface area contributed by atoms with E-state index in [1.165, 1.54) is 0 Å². The van der Waals surface area contributed by atoms with Crippen LogP contribution in [0.5, 0.6) is 0 Å². The summed E-state index contributed by atoms with van der Waals surface area (Å²) in [4.78, 5) is 0. The van der Waals surface area contributed by atoms with Crippen molar-refractivity contribution < 1.29 is 34.9 Å². The van der Waals surface area contributed by atoms with Crippen LogP contribution in [-0.2, 0) is 10.1 Å². The first-order valence-electron chi connectivity index (χ1n) is 1.91. The number of hydrogen-bond donors (Lipinski definition) is 1. The number of hydrogen-bond acceptors (Lipinski definition) is 2. The SMILES string of the molecule is O=S(=O)(O)C(F)(F)C(F)(F)F.[CsH]. The predicted octanol–water partition coefficient (Wildman–Crippen LogP) is 0.381. The second kappa shape index (κ2) is 4.42. The minimum absolute atomic E-state index is 0. The van der Waals surface area contributed by atoms with Gasteiger partial charge in [0.2, 0.25) is 0 Å². The van der Waals surface area contributed by atoms with Gasteiger partial charge in [0, 0.05) is 0 Å². The molecule has 0 amide bonds. The molecule has 10 heteroatoms. The normalized spacial score (nSPS) is 13.8. The molecule has 0 saturated carbocycles. The van der Waals surface area contributed by atoms with Crippen LogP contribution in [0.3, 0.4) is 0 Å². The quantitative estimate of drug-likeness (QED) is 0.557. The summed E-state index contributed by atoms with van der Waals surface area (Å²) >= 11 is 0. The first-order chi connectivity index (χ1) is 4.50. The van der Waals surface area contributed by atoms with Gasteiger partial charge in [-0.15, -0.1) is 0 Å². The van der Waals surface area contributed by atoms with Crippen LogP contribution in [-0.4, -0.2) is 93.3 Å². The molecule has 0 heterocycles. The number of rotatable bonds is 1. The molecule has 70 valence electrons. The molecule has 0 spiro atoms. The minimum atomic E-state index is -6.42. The van der Waals surface area contributed by atoms with Crippen LogP contribution in [0.25, 0.3) is 0 Å². The van der Waals surface area contributed by atoms with Gasteiger partial charge in [0.25, 0.3) is 0 Å². The molecule has 0 aromatic rings. The first-order valence-corrected chi connectivity index (χ1v) is 3.36. The van der Waals surface area contributed by atoms with Crippen molar-refractivity contribution in [3.05, 3.63) is 0 Å².